The van der Waals surface area contributed by atoms with Crippen molar-refractivity contribution < 1.29 is 32.6 Å². The Bertz CT molecular complexity index is 540. The first-order valence-corrected chi connectivity index (χ1v) is 6.75. The molecule has 0 heterocycles. The second-order valence-electron chi connectivity index (χ2n) is 5.67. The maximum absolute atomic E-state index is 13.3. The molecule has 0 aromatic heterocycles. The fourth-order valence-electron chi connectivity index (χ4n) is 2.16. The van der Waals surface area contributed by atoms with Gasteiger partial charge in [0.15, 0.2) is 0 Å². The van der Waals surface area contributed by atoms with Gasteiger partial charge in [0.2, 0.25) is 0 Å². The van der Waals surface area contributed by atoms with E-state index in [1.165, 1.54) is 0 Å². The van der Waals surface area contributed by atoms with Crippen LogP contribution in [-0.2, 0) is 17.4 Å². The Morgan fingerprint density at radius 1 is 1.23 bits per heavy atom. The van der Waals surface area contributed by atoms with Crippen molar-refractivity contribution in [2.45, 2.75) is 44.9 Å². The van der Waals surface area contributed by atoms with Crippen LogP contribution in [0.4, 0.5) is 17.6 Å². The standard InChI is InChI=1S/C15H18F4O3/c1-9(2)14(22,8-13(20)21)4-3-10-5-11(15(17,18)19)7-12(16)6-10/h5-7,9,22H,3-4,8H2,1-2H3,(H,20,21). The van der Waals surface area contributed by atoms with Gasteiger partial charge >= 0.3 is 12.1 Å². The lowest BCUT2D eigenvalue weighted by molar-refractivity contribution is -0.145. The van der Waals surface area contributed by atoms with Gasteiger partial charge in [-0.25, -0.2) is 4.39 Å². The van der Waals surface area contributed by atoms with E-state index in [2.05, 4.69) is 0 Å². The minimum Gasteiger partial charge on any atom is -0.481 e. The van der Waals surface area contributed by atoms with Gasteiger partial charge in [0, 0.05) is 0 Å². The van der Waals surface area contributed by atoms with Crippen LogP contribution in [0.5, 0.6) is 0 Å². The lowest BCUT2D eigenvalue weighted by atomic mass is 9.82. The van der Waals surface area contributed by atoms with Crippen molar-refractivity contribution in [3.05, 3.63) is 35.1 Å². The molecule has 3 nitrogen and oxygen atoms in total. The Balaban J connectivity index is 2.95. The number of halogens is 4. The highest BCUT2D eigenvalue weighted by Crippen LogP contribution is 2.32. The van der Waals surface area contributed by atoms with Crippen molar-refractivity contribution in [3.8, 4) is 0 Å². The van der Waals surface area contributed by atoms with E-state index < -0.39 is 41.5 Å². The summed E-state index contributed by atoms with van der Waals surface area (Å²) in [6.07, 6.45) is -5.31. The summed E-state index contributed by atoms with van der Waals surface area (Å²) in [5, 5.41) is 19.1. The van der Waals surface area contributed by atoms with Gasteiger partial charge in [-0.1, -0.05) is 13.8 Å². The van der Waals surface area contributed by atoms with Crippen LogP contribution in [0.1, 0.15) is 37.8 Å². The third-order valence-electron chi connectivity index (χ3n) is 3.66. The van der Waals surface area contributed by atoms with E-state index in [9.17, 15) is 27.5 Å². The highest BCUT2D eigenvalue weighted by Gasteiger charge is 2.34. The molecule has 0 spiro atoms. The zero-order valence-corrected chi connectivity index (χ0v) is 12.2. The van der Waals surface area contributed by atoms with Crippen LogP contribution in [-0.4, -0.2) is 21.8 Å². The third-order valence-corrected chi connectivity index (χ3v) is 3.66. The summed E-state index contributed by atoms with van der Waals surface area (Å²) in [6, 6.07) is 2.16. The average Bonchev–Trinajstić information content (AvgIpc) is 2.33. The fraction of sp³-hybridized carbons (Fsp3) is 0.533. The molecule has 22 heavy (non-hydrogen) atoms. The molecule has 0 bridgehead atoms. The normalized spacial score (nSPS) is 14.9. The van der Waals surface area contributed by atoms with Crippen LogP contribution in [0.2, 0.25) is 0 Å². The Morgan fingerprint density at radius 3 is 2.27 bits per heavy atom. The number of aliphatic carboxylic acids is 1. The number of aryl methyl sites for hydroxylation is 1. The SMILES string of the molecule is CC(C)C(O)(CCc1cc(F)cc(C(F)(F)F)c1)CC(=O)O. The molecule has 124 valence electrons. The molecule has 0 saturated heterocycles. The molecule has 0 fully saturated rings. The van der Waals surface area contributed by atoms with Crippen molar-refractivity contribution in [2.24, 2.45) is 5.92 Å². The maximum atomic E-state index is 13.3. The van der Waals surface area contributed by atoms with Crippen LogP contribution >= 0.6 is 0 Å². The summed E-state index contributed by atoms with van der Waals surface area (Å²) in [5.74, 6) is -2.62. The van der Waals surface area contributed by atoms with Crippen molar-refractivity contribution in [3.63, 3.8) is 0 Å². The first-order valence-electron chi connectivity index (χ1n) is 6.75. The zero-order chi connectivity index (χ0) is 17.1. The van der Waals surface area contributed by atoms with E-state index in [1.54, 1.807) is 13.8 Å². The highest BCUT2D eigenvalue weighted by molar-refractivity contribution is 5.68. The largest absolute Gasteiger partial charge is 0.481 e. The minimum atomic E-state index is -4.66. The number of benzene rings is 1. The van der Waals surface area contributed by atoms with Crippen molar-refractivity contribution in [1.82, 2.24) is 0 Å². The maximum Gasteiger partial charge on any atom is 0.416 e. The van der Waals surface area contributed by atoms with Gasteiger partial charge in [0.1, 0.15) is 5.82 Å². The van der Waals surface area contributed by atoms with Gasteiger partial charge in [0.25, 0.3) is 0 Å². The first-order chi connectivity index (χ1) is 9.94. The summed E-state index contributed by atoms with van der Waals surface area (Å²) >= 11 is 0. The van der Waals surface area contributed by atoms with Crippen LogP contribution in [0.25, 0.3) is 0 Å². The van der Waals surface area contributed by atoms with Gasteiger partial charge in [-0.3, -0.25) is 4.79 Å². The van der Waals surface area contributed by atoms with Crippen LogP contribution in [0.3, 0.4) is 0 Å². The van der Waals surface area contributed by atoms with E-state index in [4.69, 9.17) is 5.11 Å². The second-order valence-corrected chi connectivity index (χ2v) is 5.67. The van der Waals surface area contributed by atoms with Crippen LogP contribution in [0, 0.1) is 11.7 Å². The van der Waals surface area contributed by atoms with Gasteiger partial charge < -0.3 is 10.2 Å². The zero-order valence-electron chi connectivity index (χ0n) is 12.2. The summed E-state index contributed by atoms with van der Waals surface area (Å²) < 4.78 is 51.2. The lowest BCUT2D eigenvalue weighted by Gasteiger charge is -2.30. The number of hydrogen-bond donors (Lipinski definition) is 2. The highest BCUT2D eigenvalue weighted by atomic mass is 19.4. The molecule has 1 unspecified atom stereocenters. The number of hydrogen-bond acceptors (Lipinski definition) is 2. The summed E-state index contributed by atoms with van der Waals surface area (Å²) in [7, 11) is 0. The predicted octanol–water partition coefficient (Wildman–Crippen LogP) is 3.64. The van der Waals surface area contributed by atoms with Crippen LogP contribution < -0.4 is 0 Å². The van der Waals surface area contributed by atoms with Gasteiger partial charge in [-0.2, -0.15) is 13.2 Å². The Morgan fingerprint density at radius 2 is 1.82 bits per heavy atom. The molecule has 0 amide bonds. The lowest BCUT2D eigenvalue weighted by Crippen LogP contribution is -2.38. The molecule has 0 radical (unpaired) electrons. The Labute approximate surface area is 125 Å². The van der Waals surface area contributed by atoms with E-state index in [0.29, 0.717) is 6.07 Å². The predicted molar refractivity (Wildman–Crippen MR) is 71.8 cm³/mol. The number of aliphatic hydroxyl groups is 1. The van der Waals surface area contributed by atoms with Gasteiger partial charge in [-0.15, -0.1) is 0 Å². The second kappa shape index (κ2) is 6.64. The third kappa shape index (κ3) is 4.98. The molecule has 0 saturated carbocycles. The molecule has 1 atom stereocenters. The van der Waals surface area contributed by atoms with Crippen molar-refractivity contribution in [1.29, 1.82) is 0 Å². The van der Waals surface area contributed by atoms with E-state index in [-0.39, 0.29) is 18.4 Å². The summed E-state index contributed by atoms with van der Waals surface area (Å²) in [5.41, 5.74) is -2.60. The topological polar surface area (TPSA) is 57.5 Å². The molecule has 7 heteroatoms. The summed E-state index contributed by atoms with van der Waals surface area (Å²) in [6.45, 7) is 3.24. The van der Waals surface area contributed by atoms with E-state index >= 15 is 0 Å². The molecule has 1 aromatic rings. The molecule has 0 aliphatic rings. The monoisotopic (exact) mass is 322 g/mol. The number of alkyl halides is 3. The molecular weight excluding hydrogens is 304 g/mol. The minimum absolute atomic E-state index is 0.0528. The number of carbonyl (C=O) groups is 1. The Kier molecular flexibility index (Phi) is 5.56. The quantitative estimate of drug-likeness (QED) is 0.786. The molecule has 0 aliphatic heterocycles. The number of carboxylic acids is 1. The van der Waals surface area contributed by atoms with E-state index in [0.717, 1.165) is 12.1 Å². The molecule has 0 aliphatic carbocycles. The number of carboxylic acid groups (broad SMARTS) is 1. The molecule has 2 N–H and O–H groups in total. The first kappa shape index (κ1) is 18.4. The molecular formula is C15H18F4O3. The summed E-state index contributed by atoms with van der Waals surface area (Å²) in [4.78, 5) is 10.8. The van der Waals surface area contributed by atoms with Crippen LogP contribution in [0.15, 0.2) is 18.2 Å². The average molecular weight is 322 g/mol. The fourth-order valence-corrected chi connectivity index (χ4v) is 2.16. The van der Waals surface area contributed by atoms with E-state index in [1.807, 2.05) is 0 Å². The Hall–Kier alpha value is -1.63. The number of rotatable bonds is 6. The smallest absolute Gasteiger partial charge is 0.416 e. The van der Waals surface area contributed by atoms with Gasteiger partial charge in [0.05, 0.1) is 17.6 Å². The molecule has 1 rings (SSSR count). The van der Waals surface area contributed by atoms with Gasteiger partial charge in [-0.05, 0) is 42.5 Å². The van der Waals surface area contributed by atoms with Crippen molar-refractivity contribution >= 4 is 5.97 Å². The van der Waals surface area contributed by atoms with Crippen molar-refractivity contribution in [2.75, 3.05) is 0 Å². The molecule has 1 aromatic carbocycles.